The van der Waals surface area contributed by atoms with Crippen molar-refractivity contribution in [1.82, 2.24) is 0 Å². The summed E-state index contributed by atoms with van der Waals surface area (Å²) in [5, 5.41) is 9.51. The number of carbonyl (C=O) groups excluding carboxylic acids is 1. The summed E-state index contributed by atoms with van der Waals surface area (Å²) in [4.78, 5) is 12.1. The van der Waals surface area contributed by atoms with E-state index in [0.29, 0.717) is 11.3 Å². The molecule has 0 aliphatic carbocycles. The normalized spacial score (nSPS) is 10.5. The lowest BCUT2D eigenvalue weighted by Crippen LogP contribution is -2.12. The highest BCUT2D eigenvalue weighted by atomic mass is 16.5. The first-order valence-corrected chi connectivity index (χ1v) is 6.18. The van der Waals surface area contributed by atoms with Crippen molar-refractivity contribution in [2.75, 3.05) is 0 Å². The number of rotatable bonds is 3. The zero-order valence-corrected chi connectivity index (χ0v) is 11.0. The molecule has 0 aliphatic rings. The molecule has 2 aromatic rings. The Labute approximate surface area is 112 Å². The quantitative estimate of drug-likeness (QED) is 0.672. The highest BCUT2D eigenvalue weighted by molar-refractivity contribution is 5.93. The van der Waals surface area contributed by atoms with Crippen LogP contribution in [0.25, 0.3) is 0 Å². The van der Waals surface area contributed by atoms with E-state index >= 15 is 0 Å². The van der Waals surface area contributed by atoms with E-state index < -0.39 is 5.97 Å². The Bertz CT molecular complexity index is 574. The Kier molecular flexibility index (Phi) is 3.85. The molecule has 0 spiro atoms. The topological polar surface area (TPSA) is 46.5 Å². The molecule has 1 N–H and O–H groups in total. The summed E-state index contributed by atoms with van der Waals surface area (Å²) in [5.41, 5.74) is 1.26. The number of carbonyl (C=O) groups is 1. The molecule has 0 saturated carbocycles. The van der Waals surface area contributed by atoms with Crippen molar-refractivity contribution in [3.63, 3.8) is 0 Å². The number of hydrogen-bond donors (Lipinski definition) is 1. The Hall–Kier alpha value is -2.29. The van der Waals surface area contributed by atoms with Crippen LogP contribution in [0.4, 0.5) is 0 Å². The third kappa shape index (κ3) is 3.13. The molecule has 0 atom stereocenters. The standard InChI is InChI=1S/C16H16O3/c1-11(2)15-10-12(17)8-9-14(15)16(18)19-13-6-4-3-5-7-13/h3-11,17H,1-2H3. The number of phenolic OH excluding ortho intramolecular Hbond substituents is 1. The van der Waals surface area contributed by atoms with Crippen molar-refractivity contribution in [2.24, 2.45) is 0 Å². The third-order valence-electron chi connectivity index (χ3n) is 2.83. The van der Waals surface area contributed by atoms with Crippen LogP contribution in [0.5, 0.6) is 11.5 Å². The van der Waals surface area contributed by atoms with Crippen molar-refractivity contribution >= 4 is 5.97 Å². The van der Waals surface area contributed by atoms with Crippen molar-refractivity contribution in [2.45, 2.75) is 19.8 Å². The van der Waals surface area contributed by atoms with Gasteiger partial charge in [0.05, 0.1) is 5.56 Å². The van der Waals surface area contributed by atoms with Gasteiger partial charge in [0, 0.05) is 0 Å². The predicted molar refractivity (Wildman–Crippen MR) is 73.6 cm³/mol. The largest absolute Gasteiger partial charge is 0.508 e. The molecule has 2 aromatic carbocycles. The monoisotopic (exact) mass is 256 g/mol. The van der Waals surface area contributed by atoms with Crippen molar-refractivity contribution in [1.29, 1.82) is 0 Å². The number of phenols is 1. The Morgan fingerprint density at radius 3 is 2.42 bits per heavy atom. The lowest BCUT2D eigenvalue weighted by atomic mass is 9.97. The summed E-state index contributed by atoms with van der Waals surface area (Å²) in [5.74, 6) is 0.385. The second-order valence-electron chi connectivity index (χ2n) is 4.63. The van der Waals surface area contributed by atoms with E-state index in [0.717, 1.165) is 5.56 Å². The highest BCUT2D eigenvalue weighted by Gasteiger charge is 2.16. The van der Waals surface area contributed by atoms with Crippen molar-refractivity contribution in [3.8, 4) is 11.5 Å². The van der Waals surface area contributed by atoms with Gasteiger partial charge in [-0.1, -0.05) is 32.0 Å². The van der Waals surface area contributed by atoms with Gasteiger partial charge >= 0.3 is 5.97 Å². The first kappa shape index (κ1) is 13.1. The van der Waals surface area contributed by atoms with Crippen LogP contribution in [0, 0.1) is 0 Å². The molecule has 0 saturated heterocycles. The fourth-order valence-electron chi connectivity index (χ4n) is 1.86. The van der Waals surface area contributed by atoms with E-state index in [9.17, 15) is 9.90 Å². The van der Waals surface area contributed by atoms with Gasteiger partial charge in [-0.05, 0) is 41.8 Å². The molecule has 0 fully saturated rings. The fraction of sp³-hybridized carbons (Fsp3) is 0.188. The van der Waals surface area contributed by atoms with Gasteiger partial charge in [-0.25, -0.2) is 4.79 Å². The molecule has 0 unspecified atom stereocenters. The van der Waals surface area contributed by atoms with Crippen LogP contribution in [-0.2, 0) is 0 Å². The van der Waals surface area contributed by atoms with E-state index in [1.54, 1.807) is 24.3 Å². The number of esters is 1. The van der Waals surface area contributed by atoms with Gasteiger partial charge in [0.15, 0.2) is 0 Å². The van der Waals surface area contributed by atoms with Crippen LogP contribution in [0.15, 0.2) is 48.5 Å². The SMILES string of the molecule is CC(C)c1cc(O)ccc1C(=O)Oc1ccccc1. The van der Waals surface area contributed by atoms with Crippen LogP contribution in [-0.4, -0.2) is 11.1 Å². The maximum absolute atomic E-state index is 12.1. The second kappa shape index (κ2) is 5.57. The second-order valence-corrected chi connectivity index (χ2v) is 4.63. The van der Waals surface area contributed by atoms with Crippen molar-refractivity contribution in [3.05, 3.63) is 59.7 Å². The smallest absolute Gasteiger partial charge is 0.343 e. The number of aromatic hydroxyl groups is 1. The van der Waals surface area contributed by atoms with E-state index in [1.807, 2.05) is 32.0 Å². The molecule has 0 aromatic heterocycles. The molecule has 98 valence electrons. The summed E-state index contributed by atoms with van der Waals surface area (Å²) >= 11 is 0. The van der Waals surface area contributed by atoms with Gasteiger partial charge in [-0.15, -0.1) is 0 Å². The average Bonchev–Trinajstić information content (AvgIpc) is 2.39. The zero-order chi connectivity index (χ0) is 13.8. The minimum atomic E-state index is -0.407. The van der Waals surface area contributed by atoms with Crippen molar-refractivity contribution < 1.29 is 14.6 Å². The predicted octanol–water partition coefficient (Wildman–Crippen LogP) is 3.73. The van der Waals surface area contributed by atoms with E-state index in [1.165, 1.54) is 6.07 Å². The molecule has 0 bridgehead atoms. The highest BCUT2D eigenvalue weighted by Crippen LogP contribution is 2.25. The molecular formula is C16H16O3. The molecular weight excluding hydrogens is 240 g/mol. The maximum atomic E-state index is 12.1. The third-order valence-corrected chi connectivity index (χ3v) is 2.83. The molecule has 0 amide bonds. The maximum Gasteiger partial charge on any atom is 0.343 e. The lowest BCUT2D eigenvalue weighted by molar-refractivity contribution is 0.0733. The summed E-state index contributed by atoms with van der Waals surface area (Å²) in [6, 6.07) is 13.6. The minimum Gasteiger partial charge on any atom is -0.508 e. The van der Waals surface area contributed by atoms with Gasteiger partial charge < -0.3 is 9.84 Å². The number of ether oxygens (including phenoxy) is 1. The Morgan fingerprint density at radius 1 is 1.11 bits per heavy atom. The summed E-state index contributed by atoms with van der Waals surface area (Å²) in [6.45, 7) is 3.93. The molecule has 3 heteroatoms. The van der Waals surface area contributed by atoms with Gasteiger partial charge in [-0.2, -0.15) is 0 Å². The average molecular weight is 256 g/mol. The van der Waals surface area contributed by atoms with Gasteiger partial charge in [0.25, 0.3) is 0 Å². The molecule has 19 heavy (non-hydrogen) atoms. The number of hydrogen-bond acceptors (Lipinski definition) is 3. The first-order chi connectivity index (χ1) is 9.08. The van der Waals surface area contributed by atoms with Gasteiger partial charge in [-0.3, -0.25) is 0 Å². The molecule has 2 rings (SSSR count). The van der Waals surface area contributed by atoms with Crippen LogP contribution < -0.4 is 4.74 Å². The zero-order valence-electron chi connectivity index (χ0n) is 11.0. The first-order valence-electron chi connectivity index (χ1n) is 6.18. The molecule has 0 heterocycles. The van der Waals surface area contributed by atoms with Crippen LogP contribution in [0.1, 0.15) is 35.7 Å². The van der Waals surface area contributed by atoms with E-state index in [-0.39, 0.29) is 11.7 Å². The van der Waals surface area contributed by atoms with Gasteiger partial charge in [0.1, 0.15) is 11.5 Å². The summed E-state index contributed by atoms with van der Waals surface area (Å²) < 4.78 is 5.31. The Morgan fingerprint density at radius 2 is 1.79 bits per heavy atom. The van der Waals surface area contributed by atoms with E-state index in [2.05, 4.69) is 0 Å². The lowest BCUT2D eigenvalue weighted by Gasteiger charge is -2.12. The summed E-state index contributed by atoms with van der Waals surface area (Å²) in [6.07, 6.45) is 0. The minimum absolute atomic E-state index is 0.130. The molecule has 0 radical (unpaired) electrons. The summed E-state index contributed by atoms with van der Waals surface area (Å²) in [7, 11) is 0. The molecule has 3 nitrogen and oxygen atoms in total. The van der Waals surface area contributed by atoms with Crippen LogP contribution >= 0.6 is 0 Å². The fourth-order valence-corrected chi connectivity index (χ4v) is 1.86. The Balaban J connectivity index is 2.29. The van der Waals surface area contributed by atoms with Crippen LogP contribution in [0.3, 0.4) is 0 Å². The number of para-hydroxylation sites is 1. The van der Waals surface area contributed by atoms with Crippen LogP contribution in [0.2, 0.25) is 0 Å². The number of benzene rings is 2. The van der Waals surface area contributed by atoms with Gasteiger partial charge in [0.2, 0.25) is 0 Å². The molecule has 0 aliphatic heterocycles. The van der Waals surface area contributed by atoms with E-state index in [4.69, 9.17) is 4.74 Å².